The summed E-state index contributed by atoms with van der Waals surface area (Å²) in [6.45, 7) is 3.42. The van der Waals surface area contributed by atoms with Gasteiger partial charge in [0.25, 0.3) is 0 Å². The Bertz CT molecular complexity index is 911. The number of nitrogens with two attached hydrogens (primary N) is 1. The molecule has 1 aromatic carbocycles. The fourth-order valence-electron chi connectivity index (χ4n) is 2.59. The number of carboxylic acid groups (broad SMARTS) is 1. The van der Waals surface area contributed by atoms with Crippen LogP contribution in [0.1, 0.15) is 13.8 Å². The van der Waals surface area contributed by atoms with Crippen molar-refractivity contribution in [1.82, 2.24) is 14.5 Å². The number of fused-ring (bicyclic) bond motifs is 3. The summed E-state index contributed by atoms with van der Waals surface area (Å²) in [5, 5.41) is 22.2. The van der Waals surface area contributed by atoms with Crippen LogP contribution in [-0.4, -0.2) is 36.4 Å². The van der Waals surface area contributed by atoms with Crippen LogP contribution in [0.3, 0.4) is 0 Å². The number of rotatable bonds is 3. The molecule has 2 heterocycles. The fraction of sp³-hybridized carbons (Fsp3) is 0.267. The minimum absolute atomic E-state index is 0.0967. The first-order valence-electron chi connectivity index (χ1n) is 7.03. The second-order valence-corrected chi connectivity index (χ2v) is 5.98. The Morgan fingerprint density at radius 2 is 2.04 bits per heavy atom. The molecule has 0 spiro atoms. The maximum Gasteiger partial charge on any atom is 0.411 e. The van der Waals surface area contributed by atoms with E-state index in [1.807, 2.05) is 24.3 Å². The molecule has 3 aromatic rings. The van der Waals surface area contributed by atoms with Crippen molar-refractivity contribution in [2.24, 2.45) is 0 Å². The van der Waals surface area contributed by atoms with Gasteiger partial charge in [0.1, 0.15) is 5.52 Å². The van der Waals surface area contributed by atoms with Gasteiger partial charge in [-0.05, 0) is 19.9 Å². The number of para-hydroxylation sites is 1. The molecule has 2 aromatic heterocycles. The molecule has 0 aliphatic heterocycles. The van der Waals surface area contributed by atoms with Gasteiger partial charge in [-0.3, -0.25) is 5.32 Å². The first-order valence-corrected chi connectivity index (χ1v) is 7.03. The van der Waals surface area contributed by atoms with Crippen molar-refractivity contribution in [2.75, 3.05) is 11.1 Å². The van der Waals surface area contributed by atoms with Crippen LogP contribution in [0.2, 0.25) is 0 Å². The van der Waals surface area contributed by atoms with E-state index in [4.69, 9.17) is 10.8 Å². The third kappa shape index (κ3) is 2.76. The van der Waals surface area contributed by atoms with Gasteiger partial charge < -0.3 is 20.5 Å². The molecule has 0 unspecified atom stereocenters. The van der Waals surface area contributed by atoms with E-state index in [1.54, 1.807) is 18.4 Å². The number of benzene rings is 1. The highest BCUT2D eigenvalue weighted by atomic mass is 16.4. The summed E-state index contributed by atoms with van der Waals surface area (Å²) in [5.74, 6) is 0.307. The Balaban J connectivity index is 2.39. The predicted molar refractivity (Wildman–Crippen MR) is 87.4 cm³/mol. The van der Waals surface area contributed by atoms with E-state index in [9.17, 15) is 9.90 Å². The molecule has 0 atom stereocenters. The van der Waals surface area contributed by atoms with Crippen molar-refractivity contribution in [1.29, 1.82) is 0 Å². The van der Waals surface area contributed by atoms with Gasteiger partial charge in [0.15, 0.2) is 5.82 Å². The van der Waals surface area contributed by atoms with E-state index in [1.165, 1.54) is 0 Å². The predicted octanol–water partition coefficient (Wildman–Crippen LogP) is 2.03. The molecule has 5 N–H and O–H groups in total. The summed E-state index contributed by atoms with van der Waals surface area (Å²) in [7, 11) is 0. The summed E-state index contributed by atoms with van der Waals surface area (Å²) >= 11 is 0. The third-order valence-corrected chi connectivity index (χ3v) is 3.37. The topological polar surface area (TPSA) is 126 Å². The molecule has 0 aliphatic carbocycles. The Morgan fingerprint density at radius 3 is 2.70 bits per heavy atom. The first-order chi connectivity index (χ1) is 10.8. The van der Waals surface area contributed by atoms with Gasteiger partial charge in [0, 0.05) is 5.39 Å². The number of nitrogens with zero attached hydrogens (tertiary/aromatic N) is 3. The Kier molecular flexibility index (Phi) is 3.33. The number of amides is 1. The molecular formula is C15H17N5O3. The Hall–Kier alpha value is -2.87. The number of imidazole rings is 1. The maximum absolute atomic E-state index is 11.0. The minimum atomic E-state index is -1.24. The molecule has 0 aliphatic rings. The van der Waals surface area contributed by atoms with Crippen LogP contribution in [-0.2, 0) is 6.54 Å². The van der Waals surface area contributed by atoms with Crippen LogP contribution in [0.5, 0.6) is 0 Å². The zero-order valence-electron chi connectivity index (χ0n) is 12.7. The van der Waals surface area contributed by atoms with Crippen molar-refractivity contribution >= 4 is 39.8 Å². The van der Waals surface area contributed by atoms with Gasteiger partial charge in [0.05, 0.1) is 23.2 Å². The second-order valence-electron chi connectivity index (χ2n) is 5.98. The maximum atomic E-state index is 11.0. The van der Waals surface area contributed by atoms with Crippen LogP contribution in [0.4, 0.5) is 16.6 Å². The zero-order valence-corrected chi connectivity index (χ0v) is 12.7. The molecular weight excluding hydrogens is 298 g/mol. The average molecular weight is 315 g/mol. The van der Waals surface area contributed by atoms with Crippen LogP contribution in [0, 0.1) is 0 Å². The van der Waals surface area contributed by atoms with Gasteiger partial charge in [-0.15, -0.1) is 0 Å². The average Bonchev–Trinajstić information content (AvgIpc) is 2.76. The number of nitrogens with one attached hydrogen (secondary N) is 1. The number of hydrogen-bond acceptors (Lipinski definition) is 5. The molecule has 8 heteroatoms. The number of carbonyl (C=O) groups is 1. The fourth-order valence-corrected chi connectivity index (χ4v) is 2.59. The van der Waals surface area contributed by atoms with Crippen molar-refractivity contribution in [3.8, 4) is 0 Å². The molecule has 8 nitrogen and oxygen atoms in total. The highest BCUT2D eigenvalue weighted by molar-refractivity contribution is 6.07. The van der Waals surface area contributed by atoms with Crippen LogP contribution in [0.15, 0.2) is 24.3 Å². The second kappa shape index (κ2) is 5.10. The van der Waals surface area contributed by atoms with Gasteiger partial charge >= 0.3 is 6.09 Å². The quantitative estimate of drug-likeness (QED) is 0.586. The molecule has 0 saturated carbocycles. The number of aromatic nitrogens is 3. The molecule has 0 radical (unpaired) electrons. The Morgan fingerprint density at radius 1 is 1.35 bits per heavy atom. The largest absolute Gasteiger partial charge is 0.465 e. The van der Waals surface area contributed by atoms with E-state index in [-0.39, 0.29) is 18.3 Å². The molecule has 1 amide bonds. The molecule has 120 valence electrons. The molecule has 23 heavy (non-hydrogen) atoms. The van der Waals surface area contributed by atoms with E-state index in [2.05, 4.69) is 15.3 Å². The normalized spacial score (nSPS) is 12.0. The lowest BCUT2D eigenvalue weighted by molar-refractivity contribution is 0.0632. The van der Waals surface area contributed by atoms with Crippen LogP contribution in [0.25, 0.3) is 21.9 Å². The van der Waals surface area contributed by atoms with E-state index >= 15 is 0 Å². The van der Waals surface area contributed by atoms with Crippen molar-refractivity contribution in [3.63, 3.8) is 0 Å². The molecule has 0 saturated heterocycles. The van der Waals surface area contributed by atoms with Gasteiger partial charge in [0.2, 0.25) is 5.95 Å². The SMILES string of the molecule is CC(C)(O)Cn1c(NC(=O)O)nc2c(N)nc3ccccc3c21. The first kappa shape index (κ1) is 15.0. The lowest BCUT2D eigenvalue weighted by Crippen LogP contribution is -2.27. The standard InChI is InChI=1S/C15H17N5O3/c1-15(2,23)7-20-11-8-5-3-4-6-9(8)17-12(16)10(11)18-13(20)19-14(21)22/h3-6,23H,7H2,1-2H3,(H2,16,17)(H,18,19)(H,21,22). The van der Waals surface area contributed by atoms with Gasteiger partial charge in [-0.2, -0.15) is 0 Å². The molecule has 0 fully saturated rings. The summed E-state index contributed by atoms with van der Waals surface area (Å²) in [4.78, 5) is 19.6. The number of nitrogen functional groups attached to an aromatic ring is 1. The summed E-state index contributed by atoms with van der Waals surface area (Å²) < 4.78 is 1.61. The zero-order chi connectivity index (χ0) is 16.8. The summed E-state index contributed by atoms with van der Waals surface area (Å²) in [6, 6.07) is 7.37. The van der Waals surface area contributed by atoms with E-state index < -0.39 is 11.7 Å². The van der Waals surface area contributed by atoms with Crippen molar-refractivity contribution in [3.05, 3.63) is 24.3 Å². The third-order valence-electron chi connectivity index (χ3n) is 3.37. The smallest absolute Gasteiger partial charge is 0.411 e. The highest BCUT2D eigenvalue weighted by Gasteiger charge is 2.23. The number of hydrogen-bond donors (Lipinski definition) is 4. The number of aliphatic hydroxyl groups is 1. The molecule has 3 rings (SSSR count). The van der Waals surface area contributed by atoms with Crippen LogP contribution < -0.4 is 11.1 Å². The molecule has 0 bridgehead atoms. The van der Waals surface area contributed by atoms with E-state index in [0.29, 0.717) is 16.6 Å². The number of anilines is 2. The lowest BCUT2D eigenvalue weighted by atomic mass is 10.1. The summed E-state index contributed by atoms with van der Waals surface area (Å²) in [5.41, 5.74) is 6.62. The monoisotopic (exact) mass is 315 g/mol. The van der Waals surface area contributed by atoms with Crippen molar-refractivity contribution < 1.29 is 15.0 Å². The van der Waals surface area contributed by atoms with Gasteiger partial charge in [-0.1, -0.05) is 18.2 Å². The highest BCUT2D eigenvalue weighted by Crippen LogP contribution is 2.31. The van der Waals surface area contributed by atoms with Crippen LogP contribution >= 0.6 is 0 Å². The minimum Gasteiger partial charge on any atom is -0.465 e. The Labute approximate surface area is 131 Å². The van der Waals surface area contributed by atoms with E-state index in [0.717, 1.165) is 5.39 Å². The summed E-state index contributed by atoms with van der Waals surface area (Å²) in [6.07, 6.45) is -1.24. The van der Waals surface area contributed by atoms with Crippen molar-refractivity contribution in [2.45, 2.75) is 26.0 Å². The lowest BCUT2D eigenvalue weighted by Gasteiger charge is -2.20. The van der Waals surface area contributed by atoms with Gasteiger partial charge in [-0.25, -0.2) is 14.8 Å². The number of pyridine rings is 1.